The minimum atomic E-state index is 0.183. The summed E-state index contributed by atoms with van der Waals surface area (Å²) in [5.74, 6) is 0.694. The number of carbonyl (C=O) groups excluding carboxylic acids is 1. The molecule has 25 heavy (non-hydrogen) atoms. The van der Waals surface area contributed by atoms with E-state index in [1.54, 1.807) is 11.8 Å². The number of para-hydroxylation sites is 1. The maximum atomic E-state index is 12.4. The molecule has 0 aliphatic heterocycles. The van der Waals surface area contributed by atoms with E-state index in [0.717, 1.165) is 31.2 Å². The lowest BCUT2D eigenvalue weighted by Crippen LogP contribution is -2.37. The molecule has 0 spiro atoms. The summed E-state index contributed by atoms with van der Waals surface area (Å²) in [4.78, 5) is 18.6. The van der Waals surface area contributed by atoms with E-state index in [1.165, 1.54) is 53.6 Å². The molecule has 1 aromatic heterocycles. The van der Waals surface area contributed by atoms with Gasteiger partial charge >= 0.3 is 0 Å². The summed E-state index contributed by atoms with van der Waals surface area (Å²) in [7, 11) is 0. The Morgan fingerprint density at radius 1 is 1.08 bits per heavy atom. The number of rotatable bonds is 4. The van der Waals surface area contributed by atoms with Crippen molar-refractivity contribution >= 4 is 28.6 Å². The molecule has 0 bridgehead atoms. The summed E-state index contributed by atoms with van der Waals surface area (Å²) in [6.45, 7) is 0. The van der Waals surface area contributed by atoms with Gasteiger partial charge in [0.15, 0.2) is 0 Å². The van der Waals surface area contributed by atoms with E-state index in [-0.39, 0.29) is 5.91 Å². The fourth-order valence-corrected chi connectivity index (χ4v) is 5.23. The normalized spacial score (nSPS) is 18.1. The second-order valence-corrected chi connectivity index (χ2v) is 8.27. The molecule has 2 aliphatic carbocycles. The molecule has 4 heteroatoms. The van der Waals surface area contributed by atoms with E-state index in [2.05, 4.69) is 29.6 Å². The number of thioether (sulfide) groups is 1. The lowest BCUT2D eigenvalue weighted by Gasteiger charge is -2.23. The molecule has 3 nitrogen and oxygen atoms in total. The molecule has 2 aliphatic rings. The maximum Gasteiger partial charge on any atom is 0.230 e. The van der Waals surface area contributed by atoms with Crippen molar-refractivity contribution in [1.29, 1.82) is 0 Å². The Kier molecular flexibility index (Phi) is 5.25. The van der Waals surface area contributed by atoms with Crippen molar-refractivity contribution in [3.63, 3.8) is 0 Å². The molecule has 2 aromatic rings. The Balaban J connectivity index is 1.53. The second-order valence-electron chi connectivity index (χ2n) is 7.28. The number of nitrogens with one attached hydrogen (secondary N) is 1. The van der Waals surface area contributed by atoms with Crippen molar-refractivity contribution in [2.24, 2.45) is 0 Å². The predicted molar refractivity (Wildman–Crippen MR) is 104 cm³/mol. The molecule has 4 rings (SSSR count). The van der Waals surface area contributed by atoms with Crippen LogP contribution in [0.4, 0.5) is 0 Å². The molecule has 132 valence electrons. The third-order valence-corrected chi connectivity index (χ3v) is 6.60. The number of fused-ring (bicyclic) bond motifs is 2. The molecule has 1 heterocycles. The zero-order valence-electron chi connectivity index (χ0n) is 14.7. The molecule has 1 aromatic carbocycles. The fourth-order valence-electron chi connectivity index (χ4n) is 4.15. The van der Waals surface area contributed by atoms with Gasteiger partial charge in [-0.25, -0.2) is 0 Å². The highest BCUT2D eigenvalue weighted by molar-refractivity contribution is 8.00. The lowest BCUT2D eigenvalue weighted by molar-refractivity contribution is -0.119. The van der Waals surface area contributed by atoms with Crippen LogP contribution in [0.2, 0.25) is 0 Å². The van der Waals surface area contributed by atoms with Gasteiger partial charge in [0.05, 0.1) is 11.3 Å². The van der Waals surface area contributed by atoms with Crippen molar-refractivity contribution in [2.75, 3.05) is 5.75 Å². The van der Waals surface area contributed by atoms with Gasteiger partial charge < -0.3 is 5.32 Å². The van der Waals surface area contributed by atoms with Gasteiger partial charge in [-0.15, -0.1) is 11.8 Å². The first-order valence-corrected chi connectivity index (χ1v) is 10.6. The monoisotopic (exact) mass is 354 g/mol. The largest absolute Gasteiger partial charge is 0.353 e. The first kappa shape index (κ1) is 16.9. The van der Waals surface area contributed by atoms with Crippen LogP contribution >= 0.6 is 11.8 Å². The van der Waals surface area contributed by atoms with E-state index in [0.29, 0.717) is 11.8 Å². The number of carbonyl (C=O) groups is 1. The fraction of sp³-hybridized carbons (Fsp3) is 0.524. The molecule has 1 fully saturated rings. The number of pyridine rings is 1. The van der Waals surface area contributed by atoms with E-state index in [9.17, 15) is 4.79 Å². The predicted octanol–water partition coefficient (Wildman–Crippen LogP) is 4.65. The molecular weight excluding hydrogens is 328 g/mol. The van der Waals surface area contributed by atoms with Crippen molar-refractivity contribution in [1.82, 2.24) is 10.3 Å². The first-order valence-electron chi connectivity index (χ1n) is 9.64. The lowest BCUT2D eigenvalue weighted by atomic mass is 9.94. The van der Waals surface area contributed by atoms with Crippen LogP contribution < -0.4 is 5.32 Å². The Bertz CT molecular complexity index is 768. The minimum absolute atomic E-state index is 0.183. The Morgan fingerprint density at radius 2 is 1.88 bits per heavy atom. The number of hydrogen-bond acceptors (Lipinski definition) is 3. The molecular formula is C21H26N2OS. The minimum Gasteiger partial charge on any atom is -0.353 e. The highest BCUT2D eigenvalue weighted by atomic mass is 32.2. The van der Waals surface area contributed by atoms with Crippen LogP contribution in [0.1, 0.15) is 56.2 Å². The van der Waals surface area contributed by atoms with Gasteiger partial charge in [0.2, 0.25) is 5.91 Å². The van der Waals surface area contributed by atoms with E-state index in [4.69, 9.17) is 4.98 Å². The second kappa shape index (κ2) is 7.77. The maximum absolute atomic E-state index is 12.4. The highest BCUT2D eigenvalue weighted by Gasteiger charge is 2.20. The van der Waals surface area contributed by atoms with Gasteiger partial charge in [-0.1, -0.05) is 37.5 Å². The SMILES string of the molecule is O=C(CSc1c2c(nc3ccccc13)CCCC2)NC1CCCCC1. The molecule has 1 amide bonds. The number of aromatic nitrogens is 1. The quantitative estimate of drug-likeness (QED) is 0.812. The van der Waals surface area contributed by atoms with Gasteiger partial charge in [-0.2, -0.15) is 0 Å². The number of amides is 1. The van der Waals surface area contributed by atoms with Crippen LogP contribution in [0.15, 0.2) is 29.2 Å². The number of aryl methyl sites for hydroxylation is 1. The van der Waals surface area contributed by atoms with Crippen LogP contribution in [0, 0.1) is 0 Å². The summed E-state index contributed by atoms with van der Waals surface area (Å²) in [5, 5.41) is 4.45. The van der Waals surface area contributed by atoms with Gasteiger partial charge in [0.25, 0.3) is 0 Å². The zero-order valence-corrected chi connectivity index (χ0v) is 15.5. The Labute approximate surface area is 154 Å². The first-order chi connectivity index (χ1) is 12.3. The zero-order chi connectivity index (χ0) is 17.1. The van der Waals surface area contributed by atoms with Gasteiger partial charge in [0, 0.05) is 22.0 Å². The Hall–Kier alpha value is -1.55. The van der Waals surface area contributed by atoms with Crippen molar-refractivity contribution in [3.8, 4) is 0 Å². The summed E-state index contributed by atoms with van der Waals surface area (Å²) in [6, 6.07) is 8.76. The average Bonchev–Trinajstić information content (AvgIpc) is 2.66. The molecule has 0 saturated heterocycles. The van der Waals surface area contributed by atoms with E-state index in [1.807, 2.05) is 0 Å². The van der Waals surface area contributed by atoms with Crippen LogP contribution in [0.5, 0.6) is 0 Å². The Morgan fingerprint density at radius 3 is 2.76 bits per heavy atom. The molecule has 0 radical (unpaired) electrons. The number of nitrogens with zero attached hydrogens (tertiary/aromatic N) is 1. The highest BCUT2D eigenvalue weighted by Crippen LogP contribution is 2.35. The topological polar surface area (TPSA) is 42.0 Å². The van der Waals surface area contributed by atoms with Gasteiger partial charge in [-0.3, -0.25) is 9.78 Å². The molecule has 1 N–H and O–H groups in total. The van der Waals surface area contributed by atoms with Gasteiger partial charge in [-0.05, 0) is 50.2 Å². The summed E-state index contributed by atoms with van der Waals surface area (Å²) >= 11 is 1.71. The summed E-state index contributed by atoms with van der Waals surface area (Å²) in [6.07, 6.45) is 10.7. The average molecular weight is 355 g/mol. The van der Waals surface area contributed by atoms with Crippen molar-refractivity contribution in [3.05, 3.63) is 35.5 Å². The molecule has 0 unspecified atom stereocenters. The number of benzene rings is 1. The van der Waals surface area contributed by atoms with Crippen LogP contribution in [-0.2, 0) is 17.6 Å². The summed E-state index contributed by atoms with van der Waals surface area (Å²) < 4.78 is 0. The standard InChI is InChI=1S/C21H26N2OS/c24-20(22-15-8-2-1-3-9-15)14-25-21-16-10-4-6-12-18(16)23-19-13-7-5-11-17(19)21/h4,6,10,12,15H,1-3,5,7-9,11,13-14H2,(H,22,24). The third kappa shape index (κ3) is 3.84. The number of hydrogen-bond donors (Lipinski definition) is 1. The molecule has 1 saturated carbocycles. The van der Waals surface area contributed by atoms with Crippen LogP contribution in [0.3, 0.4) is 0 Å². The smallest absolute Gasteiger partial charge is 0.230 e. The van der Waals surface area contributed by atoms with E-state index < -0.39 is 0 Å². The van der Waals surface area contributed by atoms with Crippen LogP contribution in [-0.4, -0.2) is 22.7 Å². The van der Waals surface area contributed by atoms with Crippen molar-refractivity contribution < 1.29 is 4.79 Å². The van der Waals surface area contributed by atoms with Crippen molar-refractivity contribution in [2.45, 2.75) is 68.7 Å². The van der Waals surface area contributed by atoms with Gasteiger partial charge in [0.1, 0.15) is 0 Å². The molecule has 0 atom stereocenters. The van der Waals surface area contributed by atoms with E-state index >= 15 is 0 Å². The third-order valence-electron chi connectivity index (χ3n) is 5.43. The summed E-state index contributed by atoms with van der Waals surface area (Å²) in [5.41, 5.74) is 3.71. The van der Waals surface area contributed by atoms with Crippen LogP contribution in [0.25, 0.3) is 10.9 Å².